The molecule has 0 spiro atoms. The van der Waals surface area contributed by atoms with Gasteiger partial charge in [0.15, 0.2) is 0 Å². The van der Waals surface area contributed by atoms with Gasteiger partial charge in [-0.2, -0.15) is 13.2 Å². The van der Waals surface area contributed by atoms with Crippen LogP contribution >= 0.6 is 0 Å². The molecule has 3 atom stereocenters. The van der Waals surface area contributed by atoms with E-state index in [1.807, 2.05) is 12.2 Å². The van der Waals surface area contributed by atoms with Gasteiger partial charge in [0.1, 0.15) is 0 Å². The zero-order valence-corrected chi connectivity index (χ0v) is 8.69. The molecule has 15 heavy (non-hydrogen) atoms. The quantitative estimate of drug-likeness (QED) is 0.699. The van der Waals surface area contributed by atoms with Crippen molar-refractivity contribution in [2.75, 3.05) is 6.54 Å². The third kappa shape index (κ3) is 3.37. The van der Waals surface area contributed by atoms with E-state index in [0.717, 1.165) is 6.54 Å². The number of nitrogens with one attached hydrogen (secondary N) is 2. The molecular weight excluding hydrogens is 209 g/mol. The van der Waals surface area contributed by atoms with Crippen LogP contribution in [0.1, 0.15) is 20.3 Å². The first kappa shape index (κ1) is 12.3. The Balaban J connectivity index is 2.53. The van der Waals surface area contributed by atoms with Crippen LogP contribution in [0.2, 0.25) is 0 Å². The summed E-state index contributed by atoms with van der Waals surface area (Å²) in [5.74, 6) is -1.57. The molecule has 1 amide bonds. The summed E-state index contributed by atoms with van der Waals surface area (Å²) in [6.07, 6.45) is -4.21. The summed E-state index contributed by atoms with van der Waals surface area (Å²) in [4.78, 5) is 10.7. The Hall–Kier alpha value is -0.780. The number of alkyl halides is 3. The van der Waals surface area contributed by atoms with E-state index in [1.165, 1.54) is 0 Å². The summed E-state index contributed by atoms with van der Waals surface area (Å²) in [5, 5.41) is 5.07. The first-order chi connectivity index (χ1) is 6.80. The topological polar surface area (TPSA) is 41.1 Å². The highest BCUT2D eigenvalue weighted by atomic mass is 19.4. The molecule has 2 N–H and O–H groups in total. The van der Waals surface area contributed by atoms with Crippen LogP contribution in [0, 0.1) is 5.92 Å². The zero-order chi connectivity index (χ0) is 11.6. The van der Waals surface area contributed by atoms with Gasteiger partial charge < -0.3 is 10.6 Å². The van der Waals surface area contributed by atoms with E-state index in [4.69, 9.17) is 0 Å². The molecule has 88 valence electrons. The Morgan fingerprint density at radius 1 is 1.40 bits per heavy atom. The molecule has 0 aromatic heterocycles. The smallest absolute Gasteiger partial charge is 0.344 e. The zero-order valence-electron chi connectivity index (χ0n) is 8.69. The third-order valence-electron chi connectivity index (χ3n) is 2.62. The predicted octanol–water partition coefficient (Wildman–Crippen LogP) is 1.05. The summed E-state index contributed by atoms with van der Waals surface area (Å²) in [5.41, 5.74) is 0. The fourth-order valence-corrected chi connectivity index (χ4v) is 1.68. The van der Waals surface area contributed by atoms with E-state index in [2.05, 4.69) is 5.32 Å². The van der Waals surface area contributed by atoms with Crippen LogP contribution in [-0.4, -0.2) is 30.7 Å². The summed E-state index contributed by atoms with van der Waals surface area (Å²) in [7, 11) is 0. The van der Waals surface area contributed by atoms with Crippen LogP contribution < -0.4 is 10.6 Å². The van der Waals surface area contributed by atoms with Crippen molar-refractivity contribution >= 4 is 5.91 Å². The van der Waals surface area contributed by atoms with Gasteiger partial charge in [0.05, 0.1) is 0 Å². The molecule has 0 radical (unpaired) electrons. The highest BCUT2D eigenvalue weighted by molar-refractivity contribution is 5.82. The van der Waals surface area contributed by atoms with E-state index in [9.17, 15) is 18.0 Å². The highest BCUT2D eigenvalue weighted by Crippen LogP contribution is 2.18. The van der Waals surface area contributed by atoms with E-state index < -0.39 is 18.1 Å². The van der Waals surface area contributed by atoms with Crippen molar-refractivity contribution in [3.05, 3.63) is 0 Å². The second kappa shape index (κ2) is 4.38. The van der Waals surface area contributed by atoms with Crippen molar-refractivity contribution in [2.24, 2.45) is 5.92 Å². The number of carbonyl (C=O) groups is 1. The summed E-state index contributed by atoms with van der Waals surface area (Å²) in [6.45, 7) is 4.48. The van der Waals surface area contributed by atoms with E-state index in [-0.39, 0.29) is 12.0 Å². The highest BCUT2D eigenvalue weighted by Gasteiger charge is 2.41. The van der Waals surface area contributed by atoms with Gasteiger partial charge in [-0.25, -0.2) is 0 Å². The summed E-state index contributed by atoms with van der Waals surface area (Å²) < 4.78 is 36.0. The molecule has 1 fully saturated rings. The molecule has 1 saturated heterocycles. The predicted molar refractivity (Wildman–Crippen MR) is 49.2 cm³/mol. The monoisotopic (exact) mass is 224 g/mol. The maximum Gasteiger partial charge on any atom is 0.471 e. The second-order valence-electron chi connectivity index (χ2n) is 4.12. The molecule has 1 rings (SSSR count). The van der Waals surface area contributed by atoms with Gasteiger partial charge in [-0.15, -0.1) is 0 Å². The first-order valence-corrected chi connectivity index (χ1v) is 4.91. The third-order valence-corrected chi connectivity index (χ3v) is 2.62. The van der Waals surface area contributed by atoms with Crippen LogP contribution in [-0.2, 0) is 4.79 Å². The van der Waals surface area contributed by atoms with Crippen molar-refractivity contribution in [3.63, 3.8) is 0 Å². The number of carbonyl (C=O) groups excluding carboxylic acids is 1. The van der Waals surface area contributed by atoms with Crippen molar-refractivity contribution in [1.82, 2.24) is 10.6 Å². The van der Waals surface area contributed by atoms with Gasteiger partial charge in [0.2, 0.25) is 0 Å². The molecule has 6 heteroatoms. The van der Waals surface area contributed by atoms with Crippen LogP contribution in [0.5, 0.6) is 0 Å². The Labute approximate surface area is 86.4 Å². The van der Waals surface area contributed by atoms with Crippen molar-refractivity contribution in [1.29, 1.82) is 0 Å². The molecular formula is C9H15F3N2O. The number of hydrogen-bond acceptors (Lipinski definition) is 2. The Morgan fingerprint density at radius 3 is 2.53 bits per heavy atom. The second-order valence-corrected chi connectivity index (χ2v) is 4.12. The maximum absolute atomic E-state index is 12.0. The van der Waals surface area contributed by atoms with Gasteiger partial charge in [-0.05, 0) is 25.8 Å². The van der Waals surface area contributed by atoms with Gasteiger partial charge in [0.25, 0.3) is 0 Å². The van der Waals surface area contributed by atoms with Crippen LogP contribution in [0.15, 0.2) is 0 Å². The molecule has 0 aliphatic carbocycles. The minimum absolute atomic E-state index is 0.118. The molecule has 0 aromatic carbocycles. The lowest BCUT2D eigenvalue weighted by atomic mass is 9.92. The first-order valence-electron chi connectivity index (χ1n) is 4.91. The Bertz CT molecular complexity index is 242. The van der Waals surface area contributed by atoms with Gasteiger partial charge in [-0.1, -0.05) is 6.92 Å². The molecule has 0 aromatic rings. The molecule has 1 aliphatic heterocycles. The average molecular weight is 224 g/mol. The molecule has 3 nitrogen and oxygen atoms in total. The average Bonchev–Trinajstić information content (AvgIpc) is 2.09. The molecule has 0 bridgehead atoms. The summed E-state index contributed by atoms with van der Waals surface area (Å²) in [6, 6.07) is -0.560. The molecule has 1 aliphatic rings. The molecule has 0 saturated carbocycles. The van der Waals surface area contributed by atoms with Gasteiger partial charge in [0, 0.05) is 12.1 Å². The fourth-order valence-electron chi connectivity index (χ4n) is 1.68. The lowest BCUT2D eigenvalue weighted by Gasteiger charge is -2.34. The summed E-state index contributed by atoms with van der Waals surface area (Å²) >= 11 is 0. The largest absolute Gasteiger partial charge is 0.471 e. The number of halogens is 3. The van der Waals surface area contributed by atoms with E-state index >= 15 is 0 Å². The van der Waals surface area contributed by atoms with Crippen molar-refractivity contribution in [3.8, 4) is 0 Å². The van der Waals surface area contributed by atoms with Crippen LogP contribution in [0.25, 0.3) is 0 Å². The minimum Gasteiger partial charge on any atom is -0.344 e. The lowest BCUT2D eigenvalue weighted by molar-refractivity contribution is -0.174. The van der Waals surface area contributed by atoms with Crippen LogP contribution in [0.3, 0.4) is 0 Å². The normalized spacial score (nSPS) is 32.5. The van der Waals surface area contributed by atoms with E-state index in [0.29, 0.717) is 6.42 Å². The lowest BCUT2D eigenvalue weighted by Crippen LogP contribution is -2.56. The maximum atomic E-state index is 12.0. The van der Waals surface area contributed by atoms with E-state index in [1.54, 1.807) is 6.92 Å². The SMILES string of the molecule is CC1CNC(C)C(NC(=O)C(F)(F)F)C1. The minimum atomic E-state index is -4.79. The van der Waals surface area contributed by atoms with Crippen molar-refractivity contribution in [2.45, 2.75) is 38.5 Å². The van der Waals surface area contributed by atoms with Gasteiger partial charge >= 0.3 is 12.1 Å². The Morgan fingerprint density at radius 2 is 2.00 bits per heavy atom. The Kier molecular flexibility index (Phi) is 3.59. The van der Waals surface area contributed by atoms with Gasteiger partial charge in [-0.3, -0.25) is 4.79 Å². The fraction of sp³-hybridized carbons (Fsp3) is 0.889. The number of rotatable bonds is 1. The number of piperidine rings is 1. The number of hydrogen-bond donors (Lipinski definition) is 2. The molecule has 1 heterocycles. The standard InChI is InChI=1S/C9H15F3N2O/c1-5-3-7(6(2)13-4-5)14-8(15)9(10,11)12/h5-7,13H,3-4H2,1-2H3,(H,14,15). The van der Waals surface area contributed by atoms with Crippen LogP contribution in [0.4, 0.5) is 13.2 Å². The molecule has 3 unspecified atom stereocenters. The number of amides is 1. The van der Waals surface area contributed by atoms with Crippen molar-refractivity contribution < 1.29 is 18.0 Å².